The van der Waals surface area contributed by atoms with Crippen LogP contribution >= 0.6 is 0 Å². The molecule has 0 radical (unpaired) electrons. The quantitative estimate of drug-likeness (QED) is 0.532. The number of rotatable bonds is 7. The highest BCUT2D eigenvalue weighted by Gasteiger charge is 2.26. The maximum absolute atomic E-state index is 5.50. The summed E-state index contributed by atoms with van der Waals surface area (Å²) in [6.45, 7) is 10.4. The van der Waals surface area contributed by atoms with Crippen LogP contribution in [0.1, 0.15) is 36.0 Å². The Balaban J connectivity index is 1.42. The van der Waals surface area contributed by atoms with Crippen LogP contribution in [0.5, 0.6) is 5.75 Å². The summed E-state index contributed by atoms with van der Waals surface area (Å²) in [5, 5.41) is 3.51. The molecule has 2 aliphatic heterocycles. The van der Waals surface area contributed by atoms with Crippen LogP contribution in [0, 0.1) is 0 Å². The SMILES string of the molecule is CCNC(=NCc1ccccc1CN1CCOCC1)N1CCC(c2ccc(OC)cc2)C1. The van der Waals surface area contributed by atoms with Gasteiger partial charge >= 0.3 is 0 Å². The van der Waals surface area contributed by atoms with Crippen LogP contribution in [-0.4, -0.2) is 68.8 Å². The molecule has 1 unspecified atom stereocenters. The number of aliphatic imine (C=N–C) groups is 1. The first kappa shape index (κ1) is 22.6. The molecule has 2 fully saturated rings. The van der Waals surface area contributed by atoms with Crippen molar-refractivity contribution in [1.82, 2.24) is 15.1 Å². The summed E-state index contributed by atoms with van der Waals surface area (Å²) in [4.78, 5) is 9.92. The minimum Gasteiger partial charge on any atom is -0.497 e. The number of morpholine rings is 1. The minimum absolute atomic E-state index is 0.526. The molecule has 0 saturated carbocycles. The van der Waals surface area contributed by atoms with Gasteiger partial charge in [-0.15, -0.1) is 0 Å². The lowest BCUT2D eigenvalue weighted by Crippen LogP contribution is -2.40. The molecule has 1 N–H and O–H groups in total. The molecule has 0 amide bonds. The van der Waals surface area contributed by atoms with Crippen LogP contribution in [0.3, 0.4) is 0 Å². The van der Waals surface area contributed by atoms with Crippen molar-refractivity contribution in [2.75, 3.05) is 53.0 Å². The Morgan fingerprint density at radius 3 is 2.53 bits per heavy atom. The van der Waals surface area contributed by atoms with Crippen LogP contribution in [0.4, 0.5) is 0 Å². The van der Waals surface area contributed by atoms with E-state index in [9.17, 15) is 0 Å². The molecule has 6 heteroatoms. The molecule has 2 heterocycles. The second kappa shape index (κ2) is 11.3. The Kier molecular flexibility index (Phi) is 8.02. The molecular formula is C26H36N4O2. The zero-order valence-electron chi connectivity index (χ0n) is 19.4. The number of hydrogen-bond acceptors (Lipinski definition) is 4. The summed E-state index contributed by atoms with van der Waals surface area (Å²) in [5.74, 6) is 2.46. The number of guanidine groups is 1. The van der Waals surface area contributed by atoms with E-state index in [0.29, 0.717) is 12.5 Å². The molecular weight excluding hydrogens is 400 g/mol. The van der Waals surface area contributed by atoms with Crippen LogP contribution in [-0.2, 0) is 17.8 Å². The van der Waals surface area contributed by atoms with E-state index in [-0.39, 0.29) is 0 Å². The first-order valence-corrected chi connectivity index (χ1v) is 11.8. The highest BCUT2D eigenvalue weighted by Crippen LogP contribution is 2.28. The molecule has 2 saturated heterocycles. The van der Waals surface area contributed by atoms with Crippen molar-refractivity contribution in [1.29, 1.82) is 0 Å². The van der Waals surface area contributed by atoms with E-state index in [2.05, 4.69) is 70.6 Å². The minimum atomic E-state index is 0.526. The number of benzene rings is 2. The number of nitrogens with zero attached hydrogens (tertiary/aromatic N) is 3. The van der Waals surface area contributed by atoms with Gasteiger partial charge in [-0.25, -0.2) is 4.99 Å². The lowest BCUT2D eigenvalue weighted by atomic mass is 9.98. The van der Waals surface area contributed by atoms with E-state index in [0.717, 1.165) is 70.6 Å². The van der Waals surface area contributed by atoms with Crippen molar-refractivity contribution in [3.8, 4) is 5.75 Å². The monoisotopic (exact) mass is 436 g/mol. The van der Waals surface area contributed by atoms with E-state index in [4.69, 9.17) is 14.5 Å². The van der Waals surface area contributed by atoms with Crippen molar-refractivity contribution in [2.45, 2.75) is 32.4 Å². The van der Waals surface area contributed by atoms with Crippen LogP contribution in [0.15, 0.2) is 53.5 Å². The normalized spacial score (nSPS) is 19.9. The Bertz CT molecular complexity index is 878. The molecule has 0 spiro atoms. The number of nitrogens with one attached hydrogen (secondary N) is 1. The number of methoxy groups -OCH3 is 1. The molecule has 2 aromatic rings. The fraction of sp³-hybridized carbons (Fsp3) is 0.500. The maximum atomic E-state index is 5.50. The van der Waals surface area contributed by atoms with Crippen LogP contribution < -0.4 is 10.1 Å². The summed E-state index contributed by atoms with van der Waals surface area (Å²) in [6.07, 6.45) is 1.14. The third-order valence-electron chi connectivity index (χ3n) is 6.43. The average molecular weight is 437 g/mol. The van der Waals surface area contributed by atoms with E-state index in [1.807, 2.05) is 0 Å². The average Bonchev–Trinajstić information content (AvgIpc) is 3.33. The molecule has 6 nitrogen and oxygen atoms in total. The van der Waals surface area contributed by atoms with Gasteiger partial charge in [-0.2, -0.15) is 0 Å². The molecule has 4 rings (SSSR count). The summed E-state index contributed by atoms with van der Waals surface area (Å²) < 4.78 is 10.8. The van der Waals surface area contributed by atoms with Crippen LogP contribution in [0.2, 0.25) is 0 Å². The number of likely N-dealkylation sites (tertiary alicyclic amines) is 1. The van der Waals surface area contributed by atoms with Gasteiger partial charge in [0.1, 0.15) is 5.75 Å². The largest absolute Gasteiger partial charge is 0.497 e. The third-order valence-corrected chi connectivity index (χ3v) is 6.43. The van der Waals surface area contributed by atoms with E-state index in [1.54, 1.807) is 7.11 Å². The second-order valence-electron chi connectivity index (χ2n) is 8.53. The smallest absolute Gasteiger partial charge is 0.194 e. The molecule has 2 aliphatic rings. The van der Waals surface area contributed by atoms with Gasteiger partial charge in [0.15, 0.2) is 5.96 Å². The summed E-state index contributed by atoms with van der Waals surface area (Å²) in [5.41, 5.74) is 4.05. The Morgan fingerprint density at radius 1 is 1.06 bits per heavy atom. The fourth-order valence-electron chi connectivity index (χ4n) is 4.55. The molecule has 0 bridgehead atoms. The highest BCUT2D eigenvalue weighted by atomic mass is 16.5. The topological polar surface area (TPSA) is 49.3 Å². The molecule has 32 heavy (non-hydrogen) atoms. The molecule has 2 aromatic carbocycles. The van der Waals surface area contributed by atoms with Crippen molar-refractivity contribution >= 4 is 5.96 Å². The van der Waals surface area contributed by atoms with Crippen molar-refractivity contribution in [2.24, 2.45) is 4.99 Å². The van der Waals surface area contributed by atoms with Gasteiger partial charge in [0.2, 0.25) is 0 Å². The molecule has 0 aliphatic carbocycles. The Hall–Kier alpha value is -2.57. The van der Waals surface area contributed by atoms with Crippen molar-refractivity contribution in [3.05, 3.63) is 65.2 Å². The van der Waals surface area contributed by atoms with Crippen LogP contribution in [0.25, 0.3) is 0 Å². The zero-order valence-corrected chi connectivity index (χ0v) is 19.4. The molecule has 172 valence electrons. The molecule has 1 atom stereocenters. The van der Waals surface area contributed by atoms with Gasteiger partial charge in [0.25, 0.3) is 0 Å². The Labute approximate surface area is 192 Å². The fourth-order valence-corrected chi connectivity index (χ4v) is 4.55. The maximum Gasteiger partial charge on any atom is 0.194 e. The third kappa shape index (κ3) is 5.81. The Morgan fingerprint density at radius 2 is 1.81 bits per heavy atom. The van der Waals surface area contributed by atoms with Gasteiger partial charge < -0.3 is 19.7 Å². The summed E-state index contributed by atoms with van der Waals surface area (Å²) >= 11 is 0. The number of hydrogen-bond donors (Lipinski definition) is 1. The van der Waals surface area contributed by atoms with E-state index in [1.165, 1.54) is 16.7 Å². The first-order valence-electron chi connectivity index (χ1n) is 11.8. The van der Waals surface area contributed by atoms with Gasteiger partial charge in [-0.1, -0.05) is 36.4 Å². The first-order chi connectivity index (χ1) is 15.8. The lowest BCUT2D eigenvalue weighted by Gasteiger charge is -2.27. The predicted molar refractivity (Wildman–Crippen MR) is 129 cm³/mol. The highest BCUT2D eigenvalue weighted by molar-refractivity contribution is 5.80. The zero-order chi connectivity index (χ0) is 22.2. The van der Waals surface area contributed by atoms with Crippen molar-refractivity contribution in [3.63, 3.8) is 0 Å². The van der Waals surface area contributed by atoms with Gasteiger partial charge in [0.05, 0.1) is 26.9 Å². The van der Waals surface area contributed by atoms with Gasteiger partial charge in [0, 0.05) is 45.2 Å². The van der Waals surface area contributed by atoms with Gasteiger partial charge in [-0.05, 0) is 42.2 Å². The predicted octanol–water partition coefficient (Wildman–Crippen LogP) is 3.48. The van der Waals surface area contributed by atoms with Crippen molar-refractivity contribution < 1.29 is 9.47 Å². The lowest BCUT2D eigenvalue weighted by molar-refractivity contribution is 0.0341. The van der Waals surface area contributed by atoms with E-state index < -0.39 is 0 Å². The summed E-state index contributed by atoms with van der Waals surface area (Å²) in [7, 11) is 1.71. The summed E-state index contributed by atoms with van der Waals surface area (Å²) in [6, 6.07) is 17.2. The standard InChI is InChI=1S/C26H36N4O2/c1-3-27-26(30-13-12-24(20-30)21-8-10-25(31-2)11-9-21)28-18-22-6-4-5-7-23(22)19-29-14-16-32-17-15-29/h4-11,24H,3,12-20H2,1-2H3,(H,27,28). The number of ether oxygens (including phenoxy) is 2. The second-order valence-corrected chi connectivity index (χ2v) is 8.53. The van der Waals surface area contributed by atoms with Gasteiger partial charge in [-0.3, -0.25) is 4.90 Å². The molecule has 0 aromatic heterocycles. The van der Waals surface area contributed by atoms with E-state index >= 15 is 0 Å².